The maximum Gasteiger partial charge on any atom is 0.317 e. The molecule has 0 aliphatic carbocycles. The fraction of sp³-hybridized carbons (Fsp3) is 0.933. The van der Waals surface area contributed by atoms with Gasteiger partial charge >= 0.3 is 6.03 Å². The highest BCUT2D eigenvalue weighted by atomic mass is 16.2. The van der Waals surface area contributed by atoms with E-state index in [0.29, 0.717) is 6.04 Å². The van der Waals surface area contributed by atoms with Crippen LogP contribution < -0.4 is 5.32 Å². The normalized spacial score (nSPS) is 23.9. The van der Waals surface area contributed by atoms with Crippen LogP contribution in [-0.4, -0.2) is 78.6 Å². The molecule has 0 bridgehead atoms. The van der Waals surface area contributed by atoms with E-state index < -0.39 is 0 Å². The molecule has 2 amide bonds. The number of likely N-dealkylation sites (tertiary alicyclic amines) is 1. The van der Waals surface area contributed by atoms with Crippen molar-refractivity contribution < 1.29 is 4.79 Å². The smallest absolute Gasteiger partial charge is 0.317 e. The second kappa shape index (κ2) is 6.31. The average Bonchev–Trinajstić information content (AvgIpc) is 2.46. The van der Waals surface area contributed by atoms with Gasteiger partial charge in [-0.05, 0) is 33.6 Å². The zero-order valence-electron chi connectivity index (χ0n) is 13.5. The van der Waals surface area contributed by atoms with Gasteiger partial charge in [0.05, 0.1) is 0 Å². The minimum absolute atomic E-state index is 0.0704. The second-order valence-electron chi connectivity index (χ2n) is 6.97. The lowest BCUT2D eigenvalue weighted by molar-refractivity contribution is 0.0273. The van der Waals surface area contributed by atoms with Crippen LogP contribution in [0.2, 0.25) is 0 Å². The Morgan fingerprint density at radius 3 is 2.00 bits per heavy atom. The monoisotopic (exact) mass is 282 g/mol. The summed E-state index contributed by atoms with van der Waals surface area (Å²) in [4.78, 5) is 18.7. The van der Waals surface area contributed by atoms with Gasteiger partial charge in [0.2, 0.25) is 0 Å². The first-order valence-corrected chi connectivity index (χ1v) is 7.87. The molecule has 0 aromatic rings. The molecule has 2 heterocycles. The Hall–Kier alpha value is -0.810. The number of nitrogens with one attached hydrogen (secondary N) is 1. The van der Waals surface area contributed by atoms with Crippen LogP contribution in [0.4, 0.5) is 4.79 Å². The number of hydrogen-bond donors (Lipinski definition) is 1. The molecule has 0 aromatic heterocycles. The van der Waals surface area contributed by atoms with Gasteiger partial charge < -0.3 is 10.2 Å². The molecule has 0 unspecified atom stereocenters. The maximum absolute atomic E-state index is 11.6. The van der Waals surface area contributed by atoms with Crippen LogP contribution in [0.15, 0.2) is 0 Å². The summed E-state index contributed by atoms with van der Waals surface area (Å²) in [6, 6.07) is 0.735. The third-order valence-corrected chi connectivity index (χ3v) is 4.74. The third-order valence-electron chi connectivity index (χ3n) is 4.74. The maximum atomic E-state index is 11.6. The van der Waals surface area contributed by atoms with Crippen LogP contribution in [-0.2, 0) is 0 Å². The van der Waals surface area contributed by atoms with Gasteiger partial charge in [-0.15, -0.1) is 0 Å². The average molecular weight is 282 g/mol. The van der Waals surface area contributed by atoms with E-state index in [1.54, 1.807) is 7.05 Å². The van der Waals surface area contributed by atoms with Gasteiger partial charge in [-0.2, -0.15) is 0 Å². The molecule has 20 heavy (non-hydrogen) atoms. The first-order valence-electron chi connectivity index (χ1n) is 7.87. The molecule has 5 nitrogen and oxygen atoms in total. The van der Waals surface area contributed by atoms with E-state index in [-0.39, 0.29) is 11.6 Å². The predicted molar refractivity (Wildman–Crippen MR) is 81.9 cm³/mol. The van der Waals surface area contributed by atoms with Gasteiger partial charge in [0.1, 0.15) is 0 Å². The molecule has 0 radical (unpaired) electrons. The van der Waals surface area contributed by atoms with Crippen molar-refractivity contribution in [3.8, 4) is 0 Å². The van der Waals surface area contributed by atoms with Gasteiger partial charge in [-0.25, -0.2) is 4.79 Å². The minimum Gasteiger partial charge on any atom is -0.341 e. The molecular formula is C15H30N4O. The van der Waals surface area contributed by atoms with Gasteiger partial charge in [0, 0.05) is 57.9 Å². The third kappa shape index (κ3) is 3.64. The quantitative estimate of drug-likeness (QED) is 0.785. The molecule has 1 N–H and O–H groups in total. The molecule has 5 heteroatoms. The van der Waals surface area contributed by atoms with Crippen molar-refractivity contribution in [3.05, 3.63) is 0 Å². The van der Waals surface area contributed by atoms with E-state index in [0.717, 1.165) is 25.9 Å². The summed E-state index contributed by atoms with van der Waals surface area (Å²) in [5.41, 5.74) is 0.286. The van der Waals surface area contributed by atoms with Crippen LogP contribution in [0.25, 0.3) is 0 Å². The molecule has 0 saturated carbocycles. The van der Waals surface area contributed by atoms with Gasteiger partial charge in [-0.3, -0.25) is 9.80 Å². The number of rotatable bonds is 1. The van der Waals surface area contributed by atoms with Crippen LogP contribution in [0.1, 0.15) is 33.6 Å². The largest absolute Gasteiger partial charge is 0.341 e. The number of urea groups is 1. The highest BCUT2D eigenvalue weighted by Gasteiger charge is 2.31. The fourth-order valence-corrected chi connectivity index (χ4v) is 3.35. The molecule has 2 saturated heterocycles. The number of piperidine rings is 1. The van der Waals surface area contributed by atoms with Crippen molar-refractivity contribution in [3.63, 3.8) is 0 Å². The van der Waals surface area contributed by atoms with E-state index in [1.807, 2.05) is 4.90 Å². The number of carbonyl (C=O) groups is 1. The topological polar surface area (TPSA) is 38.8 Å². The minimum atomic E-state index is 0.0704. The predicted octanol–water partition coefficient (Wildman–Crippen LogP) is 1.21. The number of piperazine rings is 1. The Morgan fingerprint density at radius 1 is 1.00 bits per heavy atom. The summed E-state index contributed by atoms with van der Waals surface area (Å²) in [5.74, 6) is 0. The van der Waals surface area contributed by atoms with Crippen LogP contribution in [0.5, 0.6) is 0 Å². The zero-order valence-corrected chi connectivity index (χ0v) is 13.5. The van der Waals surface area contributed by atoms with Crippen LogP contribution >= 0.6 is 0 Å². The van der Waals surface area contributed by atoms with Gasteiger partial charge in [0.25, 0.3) is 0 Å². The molecule has 0 aromatic carbocycles. The fourth-order valence-electron chi connectivity index (χ4n) is 3.35. The second-order valence-corrected chi connectivity index (χ2v) is 6.97. The lowest BCUT2D eigenvalue weighted by Crippen LogP contribution is -2.57. The molecule has 2 fully saturated rings. The van der Waals surface area contributed by atoms with Crippen molar-refractivity contribution in [2.45, 2.75) is 45.2 Å². The zero-order chi connectivity index (χ0) is 14.8. The molecule has 2 aliphatic heterocycles. The van der Waals surface area contributed by atoms with Crippen molar-refractivity contribution in [1.29, 1.82) is 0 Å². The van der Waals surface area contributed by atoms with Crippen molar-refractivity contribution >= 4 is 6.03 Å². The summed E-state index contributed by atoms with van der Waals surface area (Å²) >= 11 is 0. The number of nitrogens with zero attached hydrogens (tertiary/aromatic N) is 3. The Bertz CT molecular complexity index is 323. The highest BCUT2D eigenvalue weighted by Crippen LogP contribution is 2.21. The van der Waals surface area contributed by atoms with E-state index >= 15 is 0 Å². The molecule has 0 atom stereocenters. The number of carbonyl (C=O) groups excluding carboxylic acids is 1. The van der Waals surface area contributed by atoms with E-state index in [1.165, 1.54) is 26.2 Å². The van der Waals surface area contributed by atoms with Crippen molar-refractivity contribution in [2.75, 3.05) is 46.3 Å². The van der Waals surface area contributed by atoms with E-state index in [4.69, 9.17) is 0 Å². The standard InChI is InChI=1S/C15H30N4O/c1-15(2,3)19-11-9-17(10-12-19)13-5-7-18(8-6-13)14(20)16-4/h13H,5-12H2,1-4H3,(H,16,20). The van der Waals surface area contributed by atoms with E-state index in [9.17, 15) is 4.79 Å². The first-order chi connectivity index (χ1) is 9.41. The van der Waals surface area contributed by atoms with Crippen LogP contribution in [0.3, 0.4) is 0 Å². The Morgan fingerprint density at radius 2 is 1.55 bits per heavy atom. The highest BCUT2D eigenvalue weighted by molar-refractivity contribution is 5.73. The Labute approximate surface area is 123 Å². The van der Waals surface area contributed by atoms with Crippen molar-refractivity contribution in [2.24, 2.45) is 0 Å². The molecule has 2 aliphatic rings. The Balaban J connectivity index is 1.77. The summed E-state index contributed by atoms with van der Waals surface area (Å²) in [6.07, 6.45) is 2.23. The lowest BCUT2D eigenvalue weighted by atomic mass is 10.0. The Kier molecular flexibility index (Phi) is 4.91. The summed E-state index contributed by atoms with van der Waals surface area (Å²) < 4.78 is 0. The lowest BCUT2D eigenvalue weighted by Gasteiger charge is -2.46. The number of hydrogen-bond acceptors (Lipinski definition) is 3. The van der Waals surface area contributed by atoms with Crippen molar-refractivity contribution in [1.82, 2.24) is 20.0 Å². The molecule has 0 spiro atoms. The summed E-state index contributed by atoms with van der Waals surface area (Å²) in [7, 11) is 1.71. The molecular weight excluding hydrogens is 252 g/mol. The molecule has 2 rings (SSSR count). The summed E-state index contributed by atoms with van der Waals surface area (Å²) in [5, 5.41) is 2.72. The molecule has 116 valence electrons. The first kappa shape index (κ1) is 15.6. The number of amides is 2. The van der Waals surface area contributed by atoms with Gasteiger partial charge in [0.15, 0.2) is 0 Å². The van der Waals surface area contributed by atoms with Crippen LogP contribution in [0, 0.1) is 0 Å². The summed E-state index contributed by atoms with van der Waals surface area (Å²) in [6.45, 7) is 13.3. The SMILES string of the molecule is CNC(=O)N1CCC(N2CCN(C(C)(C)C)CC2)CC1. The van der Waals surface area contributed by atoms with Gasteiger partial charge in [-0.1, -0.05) is 0 Å². The van der Waals surface area contributed by atoms with E-state index in [2.05, 4.69) is 35.9 Å².